The smallest absolute Gasteiger partial charge is 0.135 e. The van der Waals surface area contributed by atoms with Crippen molar-refractivity contribution >= 4 is 22.9 Å². The lowest BCUT2D eigenvalue weighted by Gasteiger charge is -2.31. The van der Waals surface area contributed by atoms with Gasteiger partial charge in [-0.3, -0.25) is 0 Å². The van der Waals surface area contributed by atoms with Crippen molar-refractivity contribution in [1.82, 2.24) is 0 Å². The monoisotopic (exact) mass is 282 g/mol. The van der Waals surface area contributed by atoms with Gasteiger partial charge in [-0.25, -0.2) is 4.39 Å². The molecule has 0 saturated heterocycles. The maximum atomic E-state index is 14.0. The largest absolute Gasteiger partial charge is 0.389 e. The van der Waals surface area contributed by atoms with Crippen LogP contribution in [0.15, 0.2) is 18.2 Å². The molecular weight excluding hydrogens is 259 g/mol. The second-order valence-corrected chi connectivity index (χ2v) is 5.27. The lowest BCUT2D eigenvalue weighted by atomic mass is 10.1. The van der Waals surface area contributed by atoms with E-state index in [0.717, 1.165) is 31.5 Å². The second kappa shape index (κ2) is 7.43. The van der Waals surface area contributed by atoms with E-state index in [9.17, 15) is 4.39 Å². The number of nitrogens with two attached hydrogens (primary N) is 1. The summed E-state index contributed by atoms with van der Waals surface area (Å²) in [4.78, 5) is 2.35. The number of anilines is 1. The van der Waals surface area contributed by atoms with Crippen LogP contribution in [-0.4, -0.2) is 17.6 Å². The molecule has 0 bridgehead atoms. The molecule has 4 heteroatoms. The minimum Gasteiger partial charge on any atom is -0.389 e. The van der Waals surface area contributed by atoms with Crippen molar-refractivity contribution < 1.29 is 4.39 Å². The van der Waals surface area contributed by atoms with Crippen LogP contribution in [0.4, 0.5) is 10.1 Å². The number of benzene rings is 1. The van der Waals surface area contributed by atoms with Crippen molar-refractivity contribution in [1.29, 1.82) is 0 Å². The Balaban J connectivity index is 3.02. The second-order valence-electron chi connectivity index (χ2n) is 4.83. The van der Waals surface area contributed by atoms with Gasteiger partial charge in [0.1, 0.15) is 10.8 Å². The lowest BCUT2D eigenvalue weighted by molar-refractivity contribution is 0.588. The van der Waals surface area contributed by atoms with Gasteiger partial charge in [-0.05, 0) is 38.0 Å². The quantitative estimate of drug-likeness (QED) is 0.770. The van der Waals surface area contributed by atoms with E-state index in [1.165, 1.54) is 6.07 Å². The molecule has 2 nitrogen and oxygen atoms in total. The molecule has 1 rings (SSSR count). The Morgan fingerprint density at radius 3 is 2.58 bits per heavy atom. The van der Waals surface area contributed by atoms with Crippen molar-refractivity contribution in [2.45, 2.75) is 46.1 Å². The summed E-state index contributed by atoms with van der Waals surface area (Å²) in [6, 6.07) is 5.51. The van der Waals surface area contributed by atoms with Gasteiger partial charge in [0.2, 0.25) is 0 Å². The van der Waals surface area contributed by atoms with Crippen LogP contribution in [0, 0.1) is 5.82 Å². The summed E-state index contributed by atoms with van der Waals surface area (Å²) in [5.41, 5.74) is 6.71. The number of hydrogen-bond acceptors (Lipinski definition) is 2. The Labute approximate surface area is 120 Å². The Morgan fingerprint density at radius 1 is 1.42 bits per heavy atom. The van der Waals surface area contributed by atoms with Crippen molar-refractivity contribution in [2.75, 3.05) is 11.4 Å². The van der Waals surface area contributed by atoms with Crippen molar-refractivity contribution in [2.24, 2.45) is 5.73 Å². The summed E-state index contributed by atoms with van der Waals surface area (Å²) >= 11 is 4.83. The van der Waals surface area contributed by atoms with Gasteiger partial charge in [0.05, 0.1) is 0 Å². The van der Waals surface area contributed by atoms with Crippen molar-refractivity contribution in [3.63, 3.8) is 0 Å². The predicted octanol–water partition coefficient (Wildman–Crippen LogP) is 3.86. The Bertz CT molecular complexity index is 434. The van der Waals surface area contributed by atoms with Crippen LogP contribution < -0.4 is 10.6 Å². The van der Waals surface area contributed by atoms with Gasteiger partial charge < -0.3 is 10.6 Å². The summed E-state index contributed by atoms with van der Waals surface area (Å²) in [7, 11) is 0. The van der Waals surface area contributed by atoms with Gasteiger partial charge in [0, 0.05) is 23.8 Å². The fourth-order valence-corrected chi connectivity index (χ4v) is 2.20. The Kier molecular flexibility index (Phi) is 6.22. The van der Waals surface area contributed by atoms with E-state index >= 15 is 0 Å². The van der Waals surface area contributed by atoms with Crippen LogP contribution in [0.5, 0.6) is 0 Å². The van der Waals surface area contributed by atoms with E-state index in [0.29, 0.717) is 11.6 Å². The van der Waals surface area contributed by atoms with Crippen LogP contribution in [0.1, 0.15) is 45.6 Å². The van der Waals surface area contributed by atoms with E-state index < -0.39 is 0 Å². The lowest BCUT2D eigenvalue weighted by Crippen LogP contribution is -2.33. The first-order chi connectivity index (χ1) is 9.01. The summed E-state index contributed by atoms with van der Waals surface area (Å²) in [5, 5.41) is 0. The van der Waals surface area contributed by atoms with E-state index in [4.69, 9.17) is 18.0 Å². The number of halogens is 1. The summed E-state index contributed by atoms with van der Waals surface area (Å²) in [6.07, 6.45) is 3.26. The minimum absolute atomic E-state index is 0.104. The van der Waals surface area contributed by atoms with Gasteiger partial charge in [-0.1, -0.05) is 32.5 Å². The standard InChI is InChI=1S/C15H23FN2S/c1-4-6-9-18(11(3)5-2)12-7-8-13(15(17)19)14(16)10-12/h7-8,10-11H,4-6,9H2,1-3H3,(H2,17,19). The summed E-state index contributed by atoms with van der Waals surface area (Å²) in [5.74, 6) is -0.338. The van der Waals surface area contributed by atoms with Crippen molar-refractivity contribution in [3.05, 3.63) is 29.6 Å². The number of unbranched alkanes of at least 4 members (excludes halogenated alkanes) is 1. The van der Waals surface area contributed by atoms with Gasteiger partial charge in [0.15, 0.2) is 0 Å². The Hall–Kier alpha value is -1.16. The number of nitrogens with zero attached hydrogens (tertiary/aromatic N) is 1. The SMILES string of the molecule is CCCCN(c1ccc(C(N)=S)c(F)c1)C(C)CC. The third-order valence-corrected chi connectivity index (χ3v) is 3.65. The highest BCUT2D eigenvalue weighted by molar-refractivity contribution is 7.80. The van der Waals surface area contributed by atoms with Gasteiger partial charge >= 0.3 is 0 Å². The molecule has 1 atom stereocenters. The highest BCUT2D eigenvalue weighted by atomic mass is 32.1. The van der Waals surface area contributed by atoms with E-state index in [2.05, 4.69) is 25.7 Å². The molecule has 1 aromatic carbocycles. The highest BCUT2D eigenvalue weighted by Crippen LogP contribution is 2.22. The molecule has 1 aromatic rings. The first-order valence-corrected chi connectivity index (χ1v) is 7.28. The van der Waals surface area contributed by atoms with Crippen molar-refractivity contribution in [3.8, 4) is 0 Å². The van der Waals surface area contributed by atoms with Crippen LogP contribution in [0.25, 0.3) is 0 Å². The molecule has 0 aromatic heterocycles. The summed E-state index contributed by atoms with van der Waals surface area (Å²) < 4.78 is 14.0. The molecule has 0 aliphatic rings. The molecule has 19 heavy (non-hydrogen) atoms. The highest BCUT2D eigenvalue weighted by Gasteiger charge is 2.15. The molecule has 2 N–H and O–H groups in total. The normalized spacial score (nSPS) is 12.2. The third kappa shape index (κ3) is 4.16. The first-order valence-electron chi connectivity index (χ1n) is 6.87. The average molecular weight is 282 g/mol. The third-order valence-electron chi connectivity index (χ3n) is 3.43. The fraction of sp³-hybridized carbons (Fsp3) is 0.533. The zero-order chi connectivity index (χ0) is 14.4. The van der Waals surface area contributed by atoms with Crippen LogP contribution >= 0.6 is 12.2 Å². The van der Waals surface area contributed by atoms with E-state index in [-0.39, 0.29) is 10.8 Å². The fourth-order valence-electron chi connectivity index (χ4n) is 2.04. The zero-order valence-electron chi connectivity index (χ0n) is 11.9. The molecule has 0 spiro atoms. The van der Waals surface area contributed by atoms with Gasteiger partial charge in [0.25, 0.3) is 0 Å². The molecule has 106 valence electrons. The van der Waals surface area contributed by atoms with Crippen LogP contribution in [0.2, 0.25) is 0 Å². The maximum absolute atomic E-state index is 14.0. The molecular formula is C15H23FN2S. The number of hydrogen-bond donors (Lipinski definition) is 1. The summed E-state index contributed by atoms with van der Waals surface area (Å²) in [6.45, 7) is 7.40. The van der Waals surface area contributed by atoms with Gasteiger partial charge in [-0.15, -0.1) is 0 Å². The molecule has 0 aliphatic carbocycles. The topological polar surface area (TPSA) is 29.3 Å². The average Bonchev–Trinajstić information content (AvgIpc) is 2.38. The van der Waals surface area contributed by atoms with E-state index in [1.807, 2.05) is 6.07 Å². The maximum Gasteiger partial charge on any atom is 0.135 e. The molecule has 0 amide bonds. The van der Waals surface area contributed by atoms with Crippen LogP contribution in [0.3, 0.4) is 0 Å². The minimum atomic E-state index is -0.338. The van der Waals surface area contributed by atoms with E-state index in [1.54, 1.807) is 6.07 Å². The van der Waals surface area contributed by atoms with Gasteiger partial charge in [-0.2, -0.15) is 0 Å². The number of rotatable bonds is 7. The molecule has 1 unspecified atom stereocenters. The molecule has 0 aliphatic heterocycles. The zero-order valence-corrected chi connectivity index (χ0v) is 12.8. The number of thiocarbonyl (C=S) groups is 1. The molecule has 0 fully saturated rings. The predicted molar refractivity (Wildman–Crippen MR) is 84.3 cm³/mol. The first kappa shape index (κ1) is 15.9. The Morgan fingerprint density at radius 2 is 2.11 bits per heavy atom. The van der Waals surface area contributed by atoms with Crippen LogP contribution in [-0.2, 0) is 0 Å². The molecule has 0 heterocycles. The molecule has 0 radical (unpaired) electrons. The molecule has 0 saturated carbocycles.